The molecule has 3 nitrogen and oxygen atoms in total. The highest BCUT2D eigenvalue weighted by atomic mass is 16.5. The predicted molar refractivity (Wildman–Crippen MR) is 111 cm³/mol. The van der Waals surface area contributed by atoms with Crippen LogP contribution in [0.25, 0.3) is 0 Å². The molecule has 2 aliphatic rings. The van der Waals surface area contributed by atoms with Gasteiger partial charge in [0, 0.05) is 25.0 Å². The first-order chi connectivity index (χ1) is 13.1. The fraction of sp³-hybridized carbons (Fsp3) is 0.500. The minimum Gasteiger partial charge on any atom is -0.365 e. The number of ether oxygens (including phenoxy) is 1. The van der Waals surface area contributed by atoms with E-state index in [2.05, 4.69) is 91.6 Å². The molecule has 0 radical (unpaired) electrons. The van der Waals surface area contributed by atoms with Gasteiger partial charge in [0.2, 0.25) is 0 Å². The fourth-order valence-electron chi connectivity index (χ4n) is 5.20. The lowest BCUT2D eigenvalue weighted by Gasteiger charge is -2.52. The third-order valence-electron chi connectivity index (χ3n) is 6.44. The highest BCUT2D eigenvalue weighted by Crippen LogP contribution is 2.41. The van der Waals surface area contributed by atoms with Gasteiger partial charge in [-0.15, -0.1) is 0 Å². The quantitative estimate of drug-likeness (QED) is 0.796. The van der Waals surface area contributed by atoms with Crippen molar-refractivity contribution >= 4 is 0 Å². The lowest BCUT2D eigenvalue weighted by atomic mass is 9.71. The van der Waals surface area contributed by atoms with Gasteiger partial charge in [0.25, 0.3) is 0 Å². The van der Waals surface area contributed by atoms with Crippen molar-refractivity contribution in [2.45, 2.75) is 31.1 Å². The SMILES string of the molecule is CN1CC2CCC(N(C)C)C(C1)C2OC(c1ccccc1)c1ccccc1. The molecular formula is C24H32N2O. The molecule has 4 atom stereocenters. The van der Waals surface area contributed by atoms with Crippen molar-refractivity contribution in [1.82, 2.24) is 9.80 Å². The molecule has 1 saturated carbocycles. The molecule has 2 aromatic rings. The molecule has 4 rings (SSSR count). The van der Waals surface area contributed by atoms with Gasteiger partial charge in [-0.2, -0.15) is 0 Å². The average Bonchev–Trinajstić information content (AvgIpc) is 2.67. The van der Waals surface area contributed by atoms with Crippen molar-refractivity contribution in [3.05, 3.63) is 71.8 Å². The summed E-state index contributed by atoms with van der Waals surface area (Å²) >= 11 is 0. The number of fused-ring (bicyclic) bond motifs is 2. The number of hydrogen-bond donors (Lipinski definition) is 0. The molecular weight excluding hydrogens is 332 g/mol. The molecule has 0 aromatic heterocycles. The van der Waals surface area contributed by atoms with E-state index in [0.29, 0.717) is 24.0 Å². The third-order valence-corrected chi connectivity index (χ3v) is 6.44. The molecule has 2 fully saturated rings. The van der Waals surface area contributed by atoms with Gasteiger partial charge in [0.1, 0.15) is 6.10 Å². The Bertz CT molecular complexity index is 678. The molecule has 3 heteroatoms. The lowest BCUT2D eigenvalue weighted by molar-refractivity contribution is -0.132. The molecule has 27 heavy (non-hydrogen) atoms. The maximum atomic E-state index is 7.01. The van der Waals surface area contributed by atoms with E-state index >= 15 is 0 Å². The van der Waals surface area contributed by atoms with Crippen molar-refractivity contribution in [3.63, 3.8) is 0 Å². The summed E-state index contributed by atoms with van der Waals surface area (Å²) in [5.74, 6) is 1.19. The predicted octanol–water partition coefficient (Wildman–Crippen LogP) is 4.06. The van der Waals surface area contributed by atoms with E-state index in [1.54, 1.807) is 0 Å². The largest absolute Gasteiger partial charge is 0.365 e. The number of likely N-dealkylation sites (tertiary alicyclic amines) is 1. The molecule has 2 bridgehead atoms. The zero-order valence-corrected chi connectivity index (χ0v) is 16.8. The second kappa shape index (κ2) is 8.14. The molecule has 1 aliphatic heterocycles. The summed E-state index contributed by atoms with van der Waals surface area (Å²) in [7, 11) is 6.71. The number of benzene rings is 2. The van der Waals surface area contributed by atoms with E-state index in [0.717, 1.165) is 13.1 Å². The van der Waals surface area contributed by atoms with Gasteiger partial charge in [0.05, 0.1) is 6.10 Å². The Balaban J connectivity index is 1.66. The minimum atomic E-state index is 0.00622. The Morgan fingerprint density at radius 3 is 2.04 bits per heavy atom. The van der Waals surface area contributed by atoms with Crippen molar-refractivity contribution in [2.24, 2.45) is 11.8 Å². The van der Waals surface area contributed by atoms with E-state index in [9.17, 15) is 0 Å². The van der Waals surface area contributed by atoms with Crippen molar-refractivity contribution in [2.75, 3.05) is 34.2 Å². The summed E-state index contributed by atoms with van der Waals surface area (Å²) in [6.07, 6.45) is 2.86. The first kappa shape index (κ1) is 18.7. The fourth-order valence-corrected chi connectivity index (χ4v) is 5.20. The Morgan fingerprint density at radius 1 is 0.889 bits per heavy atom. The summed E-state index contributed by atoms with van der Waals surface area (Å²) in [5.41, 5.74) is 2.50. The maximum Gasteiger partial charge on any atom is 0.108 e. The van der Waals surface area contributed by atoms with Crippen LogP contribution in [0.1, 0.15) is 30.1 Å². The zero-order chi connectivity index (χ0) is 18.8. The monoisotopic (exact) mass is 364 g/mol. The van der Waals surface area contributed by atoms with Gasteiger partial charge in [-0.05, 0) is 51.0 Å². The highest BCUT2D eigenvalue weighted by Gasteiger charge is 2.46. The average molecular weight is 365 g/mol. The summed E-state index contributed by atoms with van der Waals surface area (Å²) in [6, 6.07) is 22.0. The topological polar surface area (TPSA) is 15.7 Å². The number of rotatable bonds is 5. The van der Waals surface area contributed by atoms with Gasteiger partial charge in [-0.3, -0.25) is 0 Å². The Hall–Kier alpha value is -1.68. The van der Waals surface area contributed by atoms with Gasteiger partial charge >= 0.3 is 0 Å². The molecule has 1 aliphatic carbocycles. The van der Waals surface area contributed by atoms with Crippen LogP contribution < -0.4 is 0 Å². The lowest BCUT2D eigenvalue weighted by Crippen LogP contribution is -2.59. The number of piperidine rings is 1. The van der Waals surface area contributed by atoms with Gasteiger partial charge in [-0.1, -0.05) is 60.7 Å². The van der Waals surface area contributed by atoms with Gasteiger partial charge in [0.15, 0.2) is 0 Å². The Kier molecular flexibility index (Phi) is 5.63. The smallest absolute Gasteiger partial charge is 0.108 e. The van der Waals surface area contributed by atoms with Crippen LogP contribution >= 0.6 is 0 Å². The molecule has 0 spiro atoms. The van der Waals surface area contributed by atoms with E-state index in [4.69, 9.17) is 4.74 Å². The molecule has 2 aromatic carbocycles. The van der Waals surface area contributed by atoms with Crippen molar-refractivity contribution in [3.8, 4) is 0 Å². The van der Waals surface area contributed by atoms with Crippen LogP contribution in [-0.2, 0) is 4.74 Å². The van der Waals surface area contributed by atoms with E-state index < -0.39 is 0 Å². The standard InChI is InChI=1S/C24H32N2O/c1-25(2)22-15-14-20-16-26(3)17-21(22)24(20)27-23(18-10-6-4-7-11-18)19-12-8-5-9-13-19/h4-13,20-24H,14-17H2,1-3H3. The molecule has 1 saturated heterocycles. The maximum absolute atomic E-state index is 7.01. The first-order valence-corrected chi connectivity index (χ1v) is 10.2. The van der Waals surface area contributed by atoms with Gasteiger partial charge < -0.3 is 14.5 Å². The number of hydrogen-bond acceptors (Lipinski definition) is 3. The second-order valence-electron chi connectivity index (χ2n) is 8.56. The van der Waals surface area contributed by atoms with Crippen molar-refractivity contribution in [1.29, 1.82) is 0 Å². The minimum absolute atomic E-state index is 0.00622. The molecule has 4 unspecified atom stereocenters. The molecule has 144 valence electrons. The Morgan fingerprint density at radius 2 is 1.48 bits per heavy atom. The summed E-state index contributed by atoms with van der Waals surface area (Å²) in [5, 5.41) is 0. The Labute approximate surface area is 163 Å². The molecule has 0 N–H and O–H groups in total. The molecule has 0 amide bonds. The van der Waals surface area contributed by atoms with E-state index in [1.165, 1.54) is 24.0 Å². The van der Waals surface area contributed by atoms with Crippen molar-refractivity contribution < 1.29 is 4.74 Å². The first-order valence-electron chi connectivity index (χ1n) is 10.2. The van der Waals surface area contributed by atoms with Crippen LogP contribution in [0.4, 0.5) is 0 Å². The normalized spacial score (nSPS) is 28.6. The third kappa shape index (κ3) is 3.96. The number of nitrogens with zero attached hydrogens (tertiary/aromatic N) is 2. The van der Waals surface area contributed by atoms with Crippen LogP contribution in [0.3, 0.4) is 0 Å². The van der Waals surface area contributed by atoms with E-state index in [-0.39, 0.29) is 6.10 Å². The summed E-state index contributed by atoms with van der Waals surface area (Å²) < 4.78 is 7.01. The summed E-state index contributed by atoms with van der Waals surface area (Å²) in [4.78, 5) is 4.92. The van der Waals surface area contributed by atoms with Crippen LogP contribution in [0.5, 0.6) is 0 Å². The second-order valence-corrected chi connectivity index (χ2v) is 8.56. The highest BCUT2D eigenvalue weighted by molar-refractivity contribution is 5.30. The van der Waals surface area contributed by atoms with Crippen LogP contribution in [0, 0.1) is 11.8 Å². The van der Waals surface area contributed by atoms with Crippen LogP contribution in [0.2, 0.25) is 0 Å². The molecule has 1 heterocycles. The van der Waals surface area contributed by atoms with E-state index in [1.807, 2.05) is 0 Å². The van der Waals surface area contributed by atoms with Crippen LogP contribution in [-0.4, -0.2) is 56.2 Å². The summed E-state index contributed by atoms with van der Waals surface area (Å²) in [6.45, 7) is 2.28. The van der Waals surface area contributed by atoms with Crippen LogP contribution in [0.15, 0.2) is 60.7 Å². The van der Waals surface area contributed by atoms with Gasteiger partial charge in [-0.25, -0.2) is 0 Å². The zero-order valence-electron chi connectivity index (χ0n) is 16.8.